The minimum Gasteiger partial charge on any atom is -0.382 e. The first-order valence-corrected chi connectivity index (χ1v) is 10.4. The number of nitroso groups, excluding NO2 is 1. The molecule has 3 N–H and O–H groups in total. The van der Waals surface area contributed by atoms with E-state index in [1.807, 2.05) is 0 Å². The fourth-order valence-electron chi connectivity index (χ4n) is 3.91. The highest BCUT2D eigenvalue weighted by Gasteiger charge is 2.55. The predicted octanol–water partition coefficient (Wildman–Crippen LogP) is 5.43. The highest BCUT2D eigenvalue weighted by molar-refractivity contribution is 5.81. The van der Waals surface area contributed by atoms with E-state index in [2.05, 4.69) is 15.5 Å². The molecule has 0 saturated heterocycles. The monoisotopic (exact) mass is 461 g/mol. The van der Waals surface area contributed by atoms with Crippen LogP contribution in [0.1, 0.15) is 44.4 Å². The topological polar surface area (TPSA) is 94.5 Å². The van der Waals surface area contributed by atoms with Crippen molar-refractivity contribution < 1.29 is 18.3 Å². The Bertz CT molecular complexity index is 1210. The molecule has 1 aromatic heterocycles. The van der Waals surface area contributed by atoms with Gasteiger partial charge in [0.2, 0.25) is 0 Å². The van der Waals surface area contributed by atoms with Crippen LogP contribution in [-0.2, 0) is 5.41 Å². The number of benzene rings is 2. The second-order valence-electron chi connectivity index (χ2n) is 8.95. The summed E-state index contributed by atoms with van der Waals surface area (Å²) < 4.78 is 42.1. The molecule has 0 radical (unpaired) electrons. The number of hydrogen-bond acceptors (Lipinski definition) is 5. The Hall–Kier alpha value is -3.20. The van der Waals surface area contributed by atoms with Crippen molar-refractivity contribution >= 4 is 16.6 Å². The summed E-state index contributed by atoms with van der Waals surface area (Å²) in [6.45, 7) is 4.01. The Kier molecular flexibility index (Phi) is 6.65. The van der Waals surface area contributed by atoms with Gasteiger partial charge in [0.05, 0.1) is 6.54 Å². The molecule has 3 rings (SSSR count). The van der Waals surface area contributed by atoms with Crippen molar-refractivity contribution in [3.8, 4) is 0 Å². The number of halogens is 3. The summed E-state index contributed by atoms with van der Waals surface area (Å²) >= 11 is 0. The molecule has 176 valence electrons. The second-order valence-corrected chi connectivity index (χ2v) is 8.95. The van der Waals surface area contributed by atoms with Gasteiger partial charge >= 0.3 is 6.18 Å². The van der Waals surface area contributed by atoms with E-state index in [-0.39, 0.29) is 11.1 Å². The molecular weight excluding hydrogens is 435 g/mol. The second kappa shape index (κ2) is 8.97. The molecule has 0 aliphatic rings. The lowest BCUT2D eigenvalue weighted by atomic mass is 9.74. The van der Waals surface area contributed by atoms with E-state index in [1.54, 1.807) is 51.1 Å². The summed E-state index contributed by atoms with van der Waals surface area (Å²) in [6.07, 6.45) is -4.05. The Morgan fingerprint density at radius 1 is 1.12 bits per heavy atom. The molecule has 33 heavy (non-hydrogen) atoms. The van der Waals surface area contributed by atoms with Gasteiger partial charge in [-0.1, -0.05) is 43.3 Å². The average molecular weight is 461 g/mol. The zero-order valence-electron chi connectivity index (χ0n) is 18.5. The van der Waals surface area contributed by atoms with Crippen molar-refractivity contribution in [2.24, 2.45) is 5.18 Å². The normalized spacial score (nSPS) is 15.1. The molecule has 1 heterocycles. The van der Waals surface area contributed by atoms with Crippen LogP contribution in [0, 0.1) is 4.91 Å². The van der Waals surface area contributed by atoms with Gasteiger partial charge in [-0.3, -0.25) is 4.79 Å². The third-order valence-corrected chi connectivity index (χ3v) is 5.91. The van der Waals surface area contributed by atoms with Crippen molar-refractivity contribution in [3.05, 3.63) is 81.0 Å². The molecule has 2 unspecified atom stereocenters. The Morgan fingerprint density at radius 2 is 1.85 bits per heavy atom. The van der Waals surface area contributed by atoms with Crippen LogP contribution >= 0.6 is 0 Å². The third kappa shape index (κ3) is 5.24. The number of fused-ring (bicyclic) bond motifs is 1. The lowest BCUT2D eigenvalue weighted by molar-refractivity contribution is -0.260. The molecule has 3 aromatic rings. The fraction of sp³-hybridized carbons (Fsp3) is 0.375. The molecule has 0 aliphatic heterocycles. The number of anilines is 1. The van der Waals surface area contributed by atoms with E-state index in [4.69, 9.17) is 0 Å². The maximum atomic E-state index is 14.0. The quantitative estimate of drug-likeness (QED) is 0.390. The minimum atomic E-state index is -4.92. The van der Waals surface area contributed by atoms with Crippen molar-refractivity contribution in [1.29, 1.82) is 0 Å². The van der Waals surface area contributed by atoms with E-state index >= 15 is 0 Å². The number of rotatable bonds is 8. The Balaban J connectivity index is 1.88. The summed E-state index contributed by atoms with van der Waals surface area (Å²) in [5, 5.41) is 16.7. The molecule has 0 spiro atoms. The van der Waals surface area contributed by atoms with Gasteiger partial charge in [-0.15, -0.1) is 0 Å². The van der Waals surface area contributed by atoms with Crippen molar-refractivity contribution in [3.63, 3.8) is 0 Å². The summed E-state index contributed by atoms with van der Waals surface area (Å²) in [5.74, 6) is 0. The summed E-state index contributed by atoms with van der Waals surface area (Å²) in [4.78, 5) is 25.8. The molecule has 2 aromatic carbocycles. The van der Waals surface area contributed by atoms with Gasteiger partial charge in [0.25, 0.3) is 0 Å². The van der Waals surface area contributed by atoms with Crippen LogP contribution in [0.2, 0.25) is 0 Å². The van der Waals surface area contributed by atoms with Crippen LogP contribution in [-0.4, -0.2) is 28.4 Å². The van der Waals surface area contributed by atoms with Gasteiger partial charge in [-0.25, -0.2) is 0 Å². The number of aliphatic hydroxyl groups is 1. The number of alkyl halides is 3. The van der Waals surface area contributed by atoms with E-state index in [0.717, 1.165) is 0 Å². The van der Waals surface area contributed by atoms with Crippen LogP contribution in [0.25, 0.3) is 10.9 Å². The molecule has 0 bridgehead atoms. The third-order valence-electron chi connectivity index (χ3n) is 5.91. The average Bonchev–Trinajstić information content (AvgIpc) is 2.76. The Labute approximate surface area is 188 Å². The van der Waals surface area contributed by atoms with Crippen LogP contribution in [0.3, 0.4) is 0 Å². The Morgan fingerprint density at radius 3 is 2.52 bits per heavy atom. The lowest BCUT2D eigenvalue weighted by Crippen LogP contribution is -2.53. The van der Waals surface area contributed by atoms with E-state index in [0.29, 0.717) is 22.0 Å². The first-order chi connectivity index (χ1) is 15.4. The van der Waals surface area contributed by atoms with Crippen molar-refractivity contribution in [2.75, 3.05) is 11.9 Å². The molecule has 0 amide bonds. The van der Waals surface area contributed by atoms with Gasteiger partial charge in [-0.2, -0.15) is 18.1 Å². The molecule has 2 atom stereocenters. The zero-order chi connectivity index (χ0) is 24.4. The molecule has 0 fully saturated rings. The smallest absolute Gasteiger partial charge is 0.382 e. The van der Waals surface area contributed by atoms with Gasteiger partial charge in [-0.05, 0) is 48.1 Å². The fourth-order valence-corrected chi connectivity index (χ4v) is 3.91. The summed E-state index contributed by atoms with van der Waals surface area (Å²) in [5.41, 5.74) is -2.42. The SMILES string of the molecule is CC(N=O)c1cccc(C(C)(C)CC(O)(CNc2ccc3[nH]ccc(=O)c3c2)C(F)(F)F)c1. The number of H-pyrrole nitrogens is 1. The first kappa shape index (κ1) is 24.4. The van der Waals surface area contributed by atoms with Crippen LogP contribution < -0.4 is 10.7 Å². The summed E-state index contributed by atoms with van der Waals surface area (Å²) in [7, 11) is 0. The number of aromatic amines is 1. The predicted molar refractivity (Wildman–Crippen MR) is 122 cm³/mol. The minimum absolute atomic E-state index is 0.265. The number of hydrogen-bond donors (Lipinski definition) is 3. The number of nitrogens with zero attached hydrogens (tertiary/aromatic N) is 1. The van der Waals surface area contributed by atoms with Gasteiger partial charge in [0.1, 0.15) is 6.04 Å². The molecular formula is C24H26F3N3O3. The van der Waals surface area contributed by atoms with Crippen molar-refractivity contribution in [2.45, 2.75) is 50.4 Å². The number of nitrogens with one attached hydrogen (secondary N) is 2. The van der Waals surface area contributed by atoms with Crippen LogP contribution in [0.5, 0.6) is 0 Å². The summed E-state index contributed by atoms with van der Waals surface area (Å²) in [6, 6.07) is 11.9. The first-order valence-electron chi connectivity index (χ1n) is 10.4. The van der Waals surface area contributed by atoms with E-state index in [9.17, 15) is 28.0 Å². The largest absolute Gasteiger partial charge is 0.418 e. The zero-order valence-corrected chi connectivity index (χ0v) is 18.5. The van der Waals surface area contributed by atoms with Gasteiger partial charge in [0, 0.05) is 28.9 Å². The maximum Gasteiger partial charge on any atom is 0.418 e. The van der Waals surface area contributed by atoms with Crippen molar-refractivity contribution in [1.82, 2.24) is 4.98 Å². The molecule has 9 heteroatoms. The maximum absolute atomic E-state index is 14.0. The lowest BCUT2D eigenvalue weighted by Gasteiger charge is -2.38. The molecule has 0 saturated carbocycles. The highest BCUT2D eigenvalue weighted by atomic mass is 19.4. The number of aromatic nitrogens is 1. The molecule has 0 aliphatic carbocycles. The molecule has 6 nitrogen and oxygen atoms in total. The van der Waals surface area contributed by atoms with E-state index < -0.39 is 36.2 Å². The van der Waals surface area contributed by atoms with Gasteiger partial charge < -0.3 is 15.4 Å². The number of pyridine rings is 1. The van der Waals surface area contributed by atoms with Crippen LogP contribution in [0.4, 0.5) is 18.9 Å². The van der Waals surface area contributed by atoms with E-state index in [1.165, 1.54) is 24.4 Å². The standard InChI is InChI=1S/C24H26F3N3O3/c1-15(30-33)16-5-4-6-17(11-16)22(2,3)13-23(32,24(25,26)27)14-29-18-7-8-20-19(12-18)21(31)9-10-28-20/h4-12,15,29,32H,13-14H2,1-3H3,(H,28,31). The van der Waals surface area contributed by atoms with Gasteiger partial charge in [0.15, 0.2) is 11.0 Å². The van der Waals surface area contributed by atoms with Crippen LogP contribution in [0.15, 0.2) is 64.7 Å². The highest BCUT2D eigenvalue weighted by Crippen LogP contribution is 2.41.